The summed E-state index contributed by atoms with van der Waals surface area (Å²) in [6.07, 6.45) is 3.32. The number of aryl methyl sites for hydroxylation is 1. The molecule has 0 saturated carbocycles. The van der Waals surface area contributed by atoms with Crippen molar-refractivity contribution in [1.82, 2.24) is 20.1 Å². The highest BCUT2D eigenvalue weighted by Crippen LogP contribution is 2.14. The molecule has 1 heterocycles. The van der Waals surface area contributed by atoms with Crippen molar-refractivity contribution < 1.29 is 14.7 Å². The number of carboxylic acid groups (broad SMARTS) is 1. The van der Waals surface area contributed by atoms with Gasteiger partial charge in [0.05, 0.1) is 5.69 Å². The predicted octanol–water partition coefficient (Wildman–Crippen LogP) is 1.17. The molecule has 2 N–H and O–H groups in total. The van der Waals surface area contributed by atoms with Crippen LogP contribution in [0.15, 0.2) is 30.9 Å². The summed E-state index contributed by atoms with van der Waals surface area (Å²) in [4.78, 5) is 26.9. The van der Waals surface area contributed by atoms with E-state index in [1.165, 1.54) is 6.33 Å². The second-order valence-electron chi connectivity index (χ2n) is 4.61. The minimum Gasteiger partial charge on any atom is -0.480 e. The zero-order valence-electron chi connectivity index (χ0n) is 11.8. The molecule has 7 heteroatoms. The maximum Gasteiger partial charge on any atom is 0.326 e. The Labute approximate surface area is 121 Å². The number of benzene rings is 1. The van der Waals surface area contributed by atoms with Crippen molar-refractivity contribution in [2.45, 2.75) is 26.3 Å². The molecule has 110 valence electrons. The van der Waals surface area contributed by atoms with E-state index in [1.807, 2.05) is 0 Å². The summed E-state index contributed by atoms with van der Waals surface area (Å²) in [5.74, 6) is -1.44. The molecule has 7 nitrogen and oxygen atoms in total. The van der Waals surface area contributed by atoms with Gasteiger partial charge in [0.2, 0.25) is 0 Å². The number of aromatic nitrogens is 3. The average molecular weight is 288 g/mol. The number of hydrogen-bond acceptors (Lipinski definition) is 4. The highest BCUT2D eigenvalue weighted by Gasteiger charge is 2.19. The number of nitrogens with zero attached hydrogens (tertiary/aromatic N) is 3. The molecule has 1 unspecified atom stereocenters. The number of carboxylic acids is 1. The van der Waals surface area contributed by atoms with Gasteiger partial charge in [-0.3, -0.25) is 4.79 Å². The number of hydrogen-bond donors (Lipinski definition) is 2. The fourth-order valence-corrected chi connectivity index (χ4v) is 1.96. The Morgan fingerprint density at radius 1 is 1.43 bits per heavy atom. The molecule has 2 aromatic rings. The van der Waals surface area contributed by atoms with Crippen LogP contribution in [0.3, 0.4) is 0 Å². The van der Waals surface area contributed by atoms with Gasteiger partial charge in [-0.15, -0.1) is 0 Å². The van der Waals surface area contributed by atoms with Gasteiger partial charge in [-0.25, -0.2) is 14.5 Å². The fraction of sp³-hybridized carbons (Fsp3) is 0.286. The lowest BCUT2D eigenvalue weighted by atomic mass is 10.1. The predicted molar refractivity (Wildman–Crippen MR) is 75.3 cm³/mol. The molecule has 0 bridgehead atoms. The van der Waals surface area contributed by atoms with Crippen LogP contribution in [0.5, 0.6) is 0 Å². The molecule has 1 amide bonds. The van der Waals surface area contributed by atoms with Crippen LogP contribution in [0.1, 0.15) is 29.3 Å². The van der Waals surface area contributed by atoms with Crippen LogP contribution in [-0.2, 0) is 4.79 Å². The summed E-state index contributed by atoms with van der Waals surface area (Å²) >= 11 is 0. The number of carbonyl (C=O) groups excluding carboxylic acids is 1. The Hall–Kier alpha value is -2.70. The second kappa shape index (κ2) is 6.17. The molecule has 0 aliphatic rings. The Bertz CT molecular complexity index is 652. The second-order valence-corrected chi connectivity index (χ2v) is 4.61. The van der Waals surface area contributed by atoms with Crippen molar-refractivity contribution in [3.05, 3.63) is 42.0 Å². The third-order valence-electron chi connectivity index (χ3n) is 3.15. The fourth-order valence-electron chi connectivity index (χ4n) is 1.96. The normalized spacial score (nSPS) is 11.9. The zero-order valence-corrected chi connectivity index (χ0v) is 11.8. The van der Waals surface area contributed by atoms with Gasteiger partial charge in [0.15, 0.2) is 0 Å². The molecule has 0 spiro atoms. The number of carbonyl (C=O) groups is 2. The van der Waals surface area contributed by atoms with Crippen molar-refractivity contribution in [3.63, 3.8) is 0 Å². The van der Waals surface area contributed by atoms with E-state index in [-0.39, 0.29) is 0 Å². The van der Waals surface area contributed by atoms with E-state index in [1.54, 1.807) is 43.1 Å². The monoisotopic (exact) mass is 288 g/mol. The molecule has 0 fully saturated rings. The Morgan fingerprint density at radius 3 is 2.71 bits per heavy atom. The van der Waals surface area contributed by atoms with Gasteiger partial charge in [-0.1, -0.05) is 6.92 Å². The maximum atomic E-state index is 12.1. The van der Waals surface area contributed by atoms with Gasteiger partial charge in [-0.2, -0.15) is 5.10 Å². The van der Waals surface area contributed by atoms with Crippen LogP contribution in [0.2, 0.25) is 0 Å². The summed E-state index contributed by atoms with van der Waals surface area (Å²) in [7, 11) is 0. The van der Waals surface area contributed by atoms with Crippen molar-refractivity contribution in [1.29, 1.82) is 0 Å². The van der Waals surface area contributed by atoms with Crippen LogP contribution < -0.4 is 5.32 Å². The van der Waals surface area contributed by atoms with Gasteiger partial charge in [-0.05, 0) is 37.1 Å². The molecule has 0 aliphatic carbocycles. The minimum atomic E-state index is -1.04. The molecular weight excluding hydrogens is 272 g/mol. The molecule has 1 atom stereocenters. The third kappa shape index (κ3) is 3.25. The van der Waals surface area contributed by atoms with Crippen LogP contribution in [-0.4, -0.2) is 37.8 Å². The van der Waals surface area contributed by atoms with Crippen molar-refractivity contribution in [2.75, 3.05) is 0 Å². The first-order valence-corrected chi connectivity index (χ1v) is 6.52. The van der Waals surface area contributed by atoms with E-state index in [9.17, 15) is 9.59 Å². The molecule has 2 rings (SSSR count). The van der Waals surface area contributed by atoms with E-state index in [4.69, 9.17) is 5.11 Å². The minimum absolute atomic E-state index is 0.331. The molecular formula is C14H16N4O3. The Balaban J connectivity index is 2.21. The van der Waals surface area contributed by atoms with Crippen molar-refractivity contribution in [2.24, 2.45) is 0 Å². The molecule has 0 saturated heterocycles. The van der Waals surface area contributed by atoms with E-state index in [0.29, 0.717) is 12.0 Å². The summed E-state index contributed by atoms with van der Waals surface area (Å²) in [6.45, 7) is 3.50. The first-order chi connectivity index (χ1) is 10.0. The quantitative estimate of drug-likeness (QED) is 0.860. The van der Waals surface area contributed by atoms with Crippen molar-refractivity contribution in [3.8, 4) is 5.69 Å². The lowest BCUT2D eigenvalue weighted by Crippen LogP contribution is -2.40. The van der Waals surface area contributed by atoms with Crippen LogP contribution >= 0.6 is 0 Å². The van der Waals surface area contributed by atoms with E-state index < -0.39 is 17.9 Å². The van der Waals surface area contributed by atoms with Gasteiger partial charge in [0, 0.05) is 5.56 Å². The number of nitrogens with one attached hydrogen (secondary N) is 1. The zero-order chi connectivity index (χ0) is 15.4. The number of amides is 1. The first kappa shape index (κ1) is 14.7. The lowest BCUT2D eigenvalue weighted by Gasteiger charge is -2.14. The summed E-state index contributed by atoms with van der Waals surface area (Å²) in [5.41, 5.74) is 1.96. The van der Waals surface area contributed by atoms with Crippen LogP contribution in [0, 0.1) is 6.92 Å². The molecule has 1 aromatic heterocycles. The summed E-state index contributed by atoms with van der Waals surface area (Å²) in [6, 6.07) is 4.30. The third-order valence-corrected chi connectivity index (χ3v) is 3.15. The van der Waals surface area contributed by atoms with Gasteiger partial charge in [0.1, 0.15) is 18.7 Å². The Morgan fingerprint density at radius 2 is 2.19 bits per heavy atom. The first-order valence-electron chi connectivity index (χ1n) is 6.52. The maximum absolute atomic E-state index is 12.1. The summed E-state index contributed by atoms with van der Waals surface area (Å²) in [5, 5.41) is 15.5. The SMILES string of the molecule is CCC(NC(=O)c1ccc(-n2cncn2)cc1C)C(=O)O. The van der Waals surface area contributed by atoms with E-state index in [0.717, 1.165) is 11.3 Å². The van der Waals surface area contributed by atoms with E-state index in [2.05, 4.69) is 15.4 Å². The summed E-state index contributed by atoms with van der Waals surface area (Å²) < 4.78 is 1.58. The largest absolute Gasteiger partial charge is 0.480 e. The lowest BCUT2D eigenvalue weighted by molar-refractivity contribution is -0.139. The van der Waals surface area contributed by atoms with Crippen LogP contribution in [0.4, 0.5) is 0 Å². The van der Waals surface area contributed by atoms with Crippen molar-refractivity contribution >= 4 is 11.9 Å². The van der Waals surface area contributed by atoms with Gasteiger partial charge >= 0.3 is 5.97 Å². The number of aliphatic carboxylic acids is 1. The standard InChI is InChI=1S/C14H16N4O3/c1-3-12(14(20)21)17-13(19)11-5-4-10(6-9(11)2)18-8-15-7-16-18/h4-8,12H,3H2,1-2H3,(H,17,19)(H,20,21). The smallest absolute Gasteiger partial charge is 0.326 e. The molecule has 1 aromatic carbocycles. The van der Waals surface area contributed by atoms with Crippen LogP contribution in [0.25, 0.3) is 5.69 Å². The Kier molecular flexibility index (Phi) is 4.32. The topological polar surface area (TPSA) is 97.1 Å². The van der Waals surface area contributed by atoms with Gasteiger partial charge in [0.25, 0.3) is 5.91 Å². The highest BCUT2D eigenvalue weighted by atomic mass is 16.4. The molecule has 21 heavy (non-hydrogen) atoms. The molecule has 0 radical (unpaired) electrons. The number of rotatable bonds is 5. The highest BCUT2D eigenvalue weighted by molar-refractivity contribution is 5.98. The van der Waals surface area contributed by atoms with Gasteiger partial charge < -0.3 is 10.4 Å². The van der Waals surface area contributed by atoms with E-state index >= 15 is 0 Å². The average Bonchev–Trinajstić information content (AvgIpc) is 2.98. The molecule has 0 aliphatic heterocycles.